The maximum absolute atomic E-state index is 8.77. The highest BCUT2D eigenvalue weighted by Gasteiger charge is 1.97. The van der Waals surface area contributed by atoms with Gasteiger partial charge in [0.05, 0.1) is 6.61 Å². The van der Waals surface area contributed by atoms with Gasteiger partial charge in [-0.3, -0.25) is 0 Å². The molecule has 0 unspecified atom stereocenters. The lowest BCUT2D eigenvalue weighted by molar-refractivity contribution is 0.204. The first-order chi connectivity index (χ1) is 6.85. The van der Waals surface area contributed by atoms with Gasteiger partial charge in [0.15, 0.2) is 0 Å². The van der Waals surface area contributed by atoms with Crippen molar-refractivity contribution in [2.24, 2.45) is 0 Å². The minimum absolute atomic E-state index is 0.257. The first-order valence-electron chi connectivity index (χ1n) is 5.50. The van der Waals surface area contributed by atoms with Crippen LogP contribution in [0.4, 0.5) is 0 Å². The first-order valence-corrected chi connectivity index (χ1v) is 5.50. The quantitative estimate of drug-likeness (QED) is 0.603. The molecule has 14 heavy (non-hydrogen) atoms. The van der Waals surface area contributed by atoms with Gasteiger partial charge in [0.25, 0.3) is 0 Å². The van der Waals surface area contributed by atoms with E-state index in [2.05, 4.69) is 43.1 Å². The van der Waals surface area contributed by atoms with Crippen LogP contribution in [0.25, 0.3) is 0 Å². The van der Waals surface area contributed by atoms with Gasteiger partial charge >= 0.3 is 0 Å². The maximum atomic E-state index is 8.77. The summed E-state index contributed by atoms with van der Waals surface area (Å²) in [7, 11) is 0. The van der Waals surface area contributed by atoms with Crippen LogP contribution < -0.4 is 0 Å². The summed E-state index contributed by atoms with van der Waals surface area (Å²) in [5.74, 6) is 0. The highest BCUT2D eigenvalue weighted by atomic mass is 16.3. The molecule has 0 aliphatic rings. The number of rotatable bonds is 8. The van der Waals surface area contributed by atoms with Gasteiger partial charge in [-0.2, -0.15) is 0 Å². The second-order valence-electron chi connectivity index (χ2n) is 3.21. The highest BCUT2D eigenvalue weighted by Crippen LogP contribution is 1.92. The Bertz CT molecular complexity index is 164. The van der Waals surface area contributed by atoms with Gasteiger partial charge in [-0.05, 0) is 19.4 Å². The van der Waals surface area contributed by atoms with Crippen LogP contribution in [-0.2, 0) is 0 Å². The molecule has 0 aliphatic carbocycles. The Kier molecular flexibility index (Phi) is 10.0. The van der Waals surface area contributed by atoms with Gasteiger partial charge in [-0.25, -0.2) is 0 Å². The van der Waals surface area contributed by atoms with Crippen LogP contribution in [0.15, 0.2) is 24.3 Å². The summed E-state index contributed by atoms with van der Waals surface area (Å²) in [5.41, 5.74) is 0. The lowest BCUT2D eigenvalue weighted by atomic mass is 10.3. The lowest BCUT2D eigenvalue weighted by Crippen LogP contribution is -2.27. The third-order valence-corrected chi connectivity index (χ3v) is 2.09. The van der Waals surface area contributed by atoms with Gasteiger partial charge in [-0.1, -0.05) is 38.2 Å². The third-order valence-electron chi connectivity index (χ3n) is 2.09. The summed E-state index contributed by atoms with van der Waals surface area (Å²) in [5, 5.41) is 8.77. The molecular formula is C12H23NO. The molecular weight excluding hydrogens is 174 g/mol. The molecule has 0 fully saturated rings. The minimum atomic E-state index is 0.257. The first kappa shape index (κ1) is 13.4. The zero-order chi connectivity index (χ0) is 10.6. The van der Waals surface area contributed by atoms with Crippen molar-refractivity contribution in [1.29, 1.82) is 0 Å². The summed E-state index contributed by atoms with van der Waals surface area (Å²) < 4.78 is 0. The van der Waals surface area contributed by atoms with Gasteiger partial charge < -0.3 is 10.0 Å². The Morgan fingerprint density at radius 2 is 1.79 bits per heavy atom. The van der Waals surface area contributed by atoms with Crippen molar-refractivity contribution >= 4 is 0 Å². The molecule has 0 aromatic heterocycles. The van der Waals surface area contributed by atoms with E-state index in [9.17, 15) is 0 Å². The van der Waals surface area contributed by atoms with Crippen molar-refractivity contribution in [3.8, 4) is 0 Å². The van der Waals surface area contributed by atoms with E-state index >= 15 is 0 Å². The Labute approximate surface area is 87.9 Å². The summed E-state index contributed by atoms with van der Waals surface area (Å²) in [6.45, 7) is 7.34. The molecule has 0 aliphatic heterocycles. The average molecular weight is 197 g/mol. The van der Waals surface area contributed by atoms with E-state index in [0.717, 1.165) is 32.5 Å². The average Bonchev–Trinajstić information content (AvgIpc) is 2.21. The molecule has 2 nitrogen and oxygen atoms in total. The van der Waals surface area contributed by atoms with Gasteiger partial charge in [0.1, 0.15) is 0 Å². The number of likely N-dealkylation sites (N-methyl/N-ethyl adjacent to an activating group) is 1. The smallest absolute Gasteiger partial charge is 0.0558 e. The predicted molar refractivity (Wildman–Crippen MR) is 62.4 cm³/mol. The second-order valence-corrected chi connectivity index (χ2v) is 3.21. The molecule has 0 aromatic rings. The number of allylic oxidation sites excluding steroid dienone is 3. The Morgan fingerprint density at radius 1 is 1.07 bits per heavy atom. The van der Waals surface area contributed by atoms with E-state index in [1.165, 1.54) is 0 Å². The normalized spacial score (nSPS) is 12.3. The molecule has 0 bridgehead atoms. The number of hydrogen-bond acceptors (Lipinski definition) is 2. The zero-order valence-electron chi connectivity index (χ0n) is 9.45. The van der Waals surface area contributed by atoms with E-state index < -0.39 is 0 Å². The molecule has 0 radical (unpaired) electrons. The molecule has 0 atom stereocenters. The van der Waals surface area contributed by atoms with Crippen LogP contribution in [-0.4, -0.2) is 36.2 Å². The molecule has 1 N–H and O–H groups in total. The fourth-order valence-electron chi connectivity index (χ4n) is 1.22. The van der Waals surface area contributed by atoms with Gasteiger partial charge in [0, 0.05) is 13.1 Å². The number of hydrogen-bond donors (Lipinski definition) is 1. The van der Waals surface area contributed by atoms with Crippen LogP contribution >= 0.6 is 0 Å². The molecule has 82 valence electrons. The van der Waals surface area contributed by atoms with Crippen molar-refractivity contribution in [3.63, 3.8) is 0 Å². The number of nitrogens with zero attached hydrogens (tertiary/aromatic N) is 1. The molecule has 0 heterocycles. The van der Waals surface area contributed by atoms with Crippen LogP contribution in [0.1, 0.15) is 26.7 Å². The lowest BCUT2D eigenvalue weighted by Gasteiger charge is -2.17. The van der Waals surface area contributed by atoms with Crippen molar-refractivity contribution < 1.29 is 5.11 Å². The Balaban J connectivity index is 3.49. The minimum Gasteiger partial charge on any atom is -0.395 e. The van der Waals surface area contributed by atoms with Crippen molar-refractivity contribution in [2.45, 2.75) is 26.7 Å². The van der Waals surface area contributed by atoms with Crippen molar-refractivity contribution in [1.82, 2.24) is 4.90 Å². The molecule has 0 aromatic carbocycles. The maximum Gasteiger partial charge on any atom is 0.0558 e. The van der Waals surface area contributed by atoms with Gasteiger partial charge in [0.2, 0.25) is 0 Å². The largest absolute Gasteiger partial charge is 0.395 e. The third kappa shape index (κ3) is 8.02. The predicted octanol–water partition coefficient (Wildman–Crippen LogP) is 2.21. The SMILES string of the molecule is CCC=CC=CCCN(CC)CCO. The summed E-state index contributed by atoms with van der Waals surface area (Å²) >= 11 is 0. The van der Waals surface area contributed by atoms with Crippen LogP contribution in [0.2, 0.25) is 0 Å². The molecule has 0 amide bonds. The van der Waals surface area contributed by atoms with E-state index in [0.29, 0.717) is 0 Å². The second kappa shape index (κ2) is 10.5. The van der Waals surface area contributed by atoms with Gasteiger partial charge in [-0.15, -0.1) is 0 Å². The van der Waals surface area contributed by atoms with Crippen LogP contribution in [0.5, 0.6) is 0 Å². The number of aliphatic hydroxyl groups excluding tert-OH is 1. The standard InChI is InChI=1S/C12H23NO/c1-3-5-6-7-8-9-10-13(4-2)11-12-14/h5-8,14H,3-4,9-12H2,1-2H3. The van der Waals surface area contributed by atoms with E-state index in [4.69, 9.17) is 5.11 Å². The molecule has 0 saturated heterocycles. The fourth-order valence-corrected chi connectivity index (χ4v) is 1.22. The highest BCUT2D eigenvalue weighted by molar-refractivity contribution is 5.02. The topological polar surface area (TPSA) is 23.5 Å². The van der Waals surface area contributed by atoms with E-state index in [1.807, 2.05) is 0 Å². The Hall–Kier alpha value is -0.600. The Morgan fingerprint density at radius 3 is 2.36 bits per heavy atom. The molecule has 0 rings (SSSR count). The monoisotopic (exact) mass is 197 g/mol. The van der Waals surface area contributed by atoms with Crippen molar-refractivity contribution in [2.75, 3.05) is 26.2 Å². The van der Waals surface area contributed by atoms with Crippen molar-refractivity contribution in [3.05, 3.63) is 24.3 Å². The molecule has 0 spiro atoms. The van der Waals surface area contributed by atoms with E-state index in [1.54, 1.807) is 0 Å². The summed E-state index contributed by atoms with van der Waals surface area (Å²) in [4.78, 5) is 2.24. The summed E-state index contributed by atoms with van der Waals surface area (Å²) in [6, 6.07) is 0. The number of aliphatic hydroxyl groups is 1. The fraction of sp³-hybridized carbons (Fsp3) is 0.667. The van der Waals surface area contributed by atoms with E-state index in [-0.39, 0.29) is 6.61 Å². The summed E-state index contributed by atoms with van der Waals surface area (Å²) in [6.07, 6.45) is 10.6. The van der Waals surface area contributed by atoms with Crippen LogP contribution in [0, 0.1) is 0 Å². The zero-order valence-corrected chi connectivity index (χ0v) is 9.45. The van der Waals surface area contributed by atoms with Crippen LogP contribution in [0.3, 0.4) is 0 Å². The molecule has 0 saturated carbocycles. The molecule has 2 heteroatoms.